The normalized spacial score (nSPS) is 9.68. The van der Waals surface area contributed by atoms with Crippen LogP contribution in [0.25, 0.3) is 0 Å². The molecule has 2 N–H and O–H groups in total. The van der Waals surface area contributed by atoms with E-state index in [1.165, 1.54) is 19.1 Å². The van der Waals surface area contributed by atoms with Crippen LogP contribution in [-0.4, -0.2) is 65.0 Å². The number of phenols is 1. The van der Waals surface area contributed by atoms with Crippen LogP contribution in [-0.2, 0) is 9.59 Å². The fourth-order valence-electron chi connectivity index (χ4n) is 1.50. The molecule has 1 aromatic rings. The molecule has 2 amide bonds. The lowest BCUT2D eigenvalue weighted by molar-refractivity contribution is -0.134. The van der Waals surface area contributed by atoms with Crippen molar-refractivity contribution in [2.75, 3.05) is 27.2 Å². The Morgan fingerprint density at radius 1 is 1.05 bits per heavy atom. The SMILES string of the molecule is CC(=O)N(CCN(C)C)C(=O)c1ccccc1O.CC(=O)O. The molecule has 0 saturated carbocycles. The number of carbonyl (C=O) groups is 3. The Balaban J connectivity index is 0.000000980. The van der Waals surface area contributed by atoms with Crippen LogP contribution in [0.3, 0.4) is 0 Å². The van der Waals surface area contributed by atoms with Gasteiger partial charge in [0, 0.05) is 26.9 Å². The van der Waals surface area contributed by atoms with E-state index in [0.717, 1.165) is 11.8 Å². The van der Waals surface area contributed by atoms with E-state index in [0.29, 0.717) is 13.1 Å². The van der Waals surface area contributed by atoms with Crippen molar-refractivity contribution in [3.8, 4) is 5.75 Å². The second-order valence-electron chi connectivity index (χ2n) is 4.82. The quantitative estimate of drug-likeness (QED) is 0.862. The number of imide groups is 1. The first-order valence-electron chi connectivity index (χ1n) is 6.61. The van der Waals surface area contributed by atoms with Gasteiger partial charge in [0.2, 0.25) is 5.91 Å². The number of aliphatic carboxylic acids is 1. The number of phenolic OH excluding ortho intramolecular Hbond substituents is 1. The minimum absolute atomic E-state index is 0.112. The van der Waals surface area contributed by atoms with Gasteiger partial charge in [-0.25, -0.2) is 0 Å². The predicted molar refractivity (Wildman–Crippen MR) is 81.7 cm³/mol. The van der Waals surface area contributed by atoms with Crippen molar-refractivity contribution >= 4 is 17.8 Å². The molecule has 0 heterocycles. The summed E-state index contributed by atoms with van der Waals surface area (Å²) in [6.45, 7) is 3.31. The van der Waals surface area contributed by atoms with Gasteiger partial charge in [0.1, 0.15) is 5.75 Å². The molecule has 0 aliphatic carbocycles. The number of rotatable bonds is 4. The molecule has 122 valence electrons. The van der Waals surface area contributed by atoms with Crippen molar-refractivity contribution < 1.29 is 24.6 Å². The number of aromatic hydroxyl groups is 1. The van der Waals surface area contributed by atoms with Gasteiger partial charge in [-0.2, -0.15) is 0 Å². The second-order valence-corrected chi connectivity index (χ2v) is 4.82. The van der Waals surface area contributed by atoms with Crippen LogP contribution < -0.4 is 0 Å². The van der Waals surface area contributed by atoms with Crippen LogP contribution in [0.2, 0.25) is 0 Å². The van der Waals surface area contributed by atoms with Gasteiger partial charge in [-0.3, -0.25) is 19.3 Å². The highest BCUT2D eigenvalue weighted by atomic mass is 16.4. The molecule has 0 aliphatic rings. The van der Waals surface area contributed by atoms with Gasteiger partial charge in [0.25, 0.3) is 11.9 Å². The molecule has 0 bridgehead atoms. The molecule has 0 aromatic heterocycles. The fraction of sp³-hybridized carbons (Fsp3) is 0.400. The van der Waals surface area contributed by atoms with Crippen LogP contribution in [0.5, 0.6) is 5.75 Å². The van der Waals surface area contributed by atoms with Gasteiger partial charge in [-0.05, 0) is 26.2 Å². The summed E-state index contributed by atoms with van der Waals surface area (Å²) in [5, 5.41) is 17.0. The highest BCUT2D eigenvalue weighted by Crippen LogP contribution is 2.17. The zero-order chi connectivity index (χ0) is 17.3. The van der Waals surface area contributed by atoms with Gasteiger partial charge in [0.05, 0.1) is 5.56 Å². The maximum absolute atomic E-state index is 12.1. The first-order chi connectivity index (χ1) is 10.2. The number of carboxylic acids is 1. The van der Waals surface area contributed by atoms with Crippen LogP contribution in [0, 0.1) is 0 Å². The predicted octanol–water partition coefficient (Wildman–Crippen LogP) is 1.03. The first-order valence-corrected chi connectivity index (χ1v) is 6.61. The Kier molecular flexibility index (Phi) is 8.47. The number of carbonyl (C=O) groups excluding carboxylic acids is 2. The lowest BCUT2D eigenvalue weighted by Crippen LogP contribution is -2.39. The zero-order valence-electron chi connectivity index (χ0n) is 13.2. The van der Waals surface area contributed by atoms with Crippen LogP contribution in [0.15, 0.2) is 24.3 Å². The molecule has 0 atom stereocenters. The summed E-state index contributed by atoms with van der Waals surface area (Å²) in [4.78, 5) is 35.7. The monoisotopic (exact) mass is 310 g/mol. The Bertz CT molecular complexity index is 524. The minimum Gasteiger partial charge on any atom is -0.507 e. The molecular formula is C15H22N2O5. The van der Waals surface area contributed by atoms with E-state index in [4.69, 9.17) is 9.90 Å². The number of likely N-dealkylation sites (N-methyl/N-ethyl adjacent to an activating group) is 1. The van der Waals surface area contributed by atoms with E-state index >= 15 is 0 Å². The van der Waals surface area contributed by atoms with Crippen molar-refractivity contribution in [3.05, 3.63) is 29.8 Å². The minimum atomic E-state index is -0.833. The lowest BCUT2D eigenvalue weighted by atomic mass is 10.1. The topological polar surface area (TPSA) is 98.2 Å². The number of hydrogen-bond donors (Lipinski definition) is 2. The molecule has 7 nitrogen and oxygen atoms in total. The number of hydrogen-bond acceptors (Lipinski definition) is 5. The van der Waals surface area contributed by atoms with Crippen molar-refractivity contribution in [2.45, 2.75) is 13.8 Å². The maximum atomic E-state index is 12.1. The number of carboxylic acid groups (broad SMARTS) is 1. The molecule has 1 rings (SSSR count). The average molecular weight is 310 g/mol. The van der Waals surface area contributed by atoms with Crippen molar-refractivity contribution in [1.29, 1.82) is 0 Å². The fourth-order valence-corrected chi connectivity index (χ4v) is 1.50. The van der Waals surface area contributed by atoms with Gasteiger partial charge in [0.15, 0.2) is 0 Å². The zero-order valence-corrected chi connectivity index (χ0v) is 13.2. The molecule has 22 heavy (non-hydrogen) atoms. The summed E-state index contributed by atoms with van der Waals surface area (Å²) < 4.78 is 0. The number of para-hydroxylation sites is 1. The third-order valence-electron chi connectivity index (χ3n) is 2.53. The highest BCUT2D eigenvalue weighted by Gasteiger charge is 2.21. The Hall–Kier alpha value is -2.41. The van der Waals surface area contributed by atoms with Crippen molar-refractivity contribution in [1.82, 2.24) is 9.80 Å². The third-order valence-corrected chi connectivity index (χ3v) is 2.53. The molecule has 0 spiro atoms. The summed E-state index contributed by atoms with van der Waals surface area (Å²) in [7, 11) is 3.73. The number of amides is 2. The summed E-state index contributed by atoms with van der Waals surface area (Å²) in [6, 6.07) is 6.21. The molecule has 0 aliphatic heterocycles. The van der Waals surface area contributed by atoms with Gasteiger partial charge < -0.3 is 15.1 Å². The molecule has 0 fully saturated rings. The molecule has 1 aromatic carbocycles. The highest BCUT2D eigenvalue weighted by molar-refractivity contribution is 6.05. The largest absolute Gasteiger partial charge is 0.507 e. The Morgan fingerprint density at radius 2 is 1.55 bits per heavy atom. The van der Waals surface area contributed by atoms with Crippen molar-refractivity contribution in [2.24, 2.45) is 0 Å². The third kappa shape index (κ3) is 7.39. The molecular weight excluding hydrogens is 288 g/mol. The van der Waals surface area contributed by atoms with E-state index in [1.54, 1.807) is 12.1 Å². The second kappa shape index (κ2) is 9.51. The van der Waals surface area contributed by atoms with Crippen LogP contribution in [0.1, 0.15) is 24.2 Å². The average Bonchev–Trinajstić information content (AvgIpc) is 2.37. The first kappa shape index (κ1) is 19.6. The van der Waals surface area contributed by atoms with E-state index in [-0.39, 0.29) is 17.2 Å². The smallest absolute Gasteiger partial charge is 0.300 e. The summed E-state index contributed by atoms with van der Waals surface area (Å²) in [5.41, 5.74) is 0.145. The van der Waals surface area contributed by atoms with E-state index in [1.807, 2.05) is 19.0 Å². The Morgan fingerprint density at radius 3 is 1.95 bits per heavy atom. The summed E-state index contributed by atoms with van der Waals surface area (Å²) in [5.74, 6) is -1.74. The molecule has 7 heteroatoms. The summed E-state index contributed by atoms with van der Waals surface area (Å²) >= 11 is 0. The summed E-state index contributed by atoms with van der Waals surface area (Å²) in [6.07, 6.45) is 0. The molecule has 0 radical (unpaired) electrons. The molecule has 0 saturated heterocycles. The number of nitrogens with zero attached hydrogens (tertiary/aromatic N) is 2. The van der Waals surface area contributed by atoms with Gasteiger partial charge >= 0.3 is 0 Å². The molecule has 0 unspecified atom stereocenters. The lowest BCUT2D eigenvalue weighted by Gasteiger charge is -2.21. The van der Waals surface area contributed by atoms with Gasteiger partial charge in [-0.15, -0.1) is 0 Å². The van der Waals surface area contributed by atoms with Crippen molar-refractivity contribution in [3.63, 3.8) is 0 Å². The van der Waals surface area contributed by atoms with E-state index < -0.39 is 11.9 Å². The van der Waals surface area contributed by atoms with Gasteiger partial charge in [-0.1, -0.05) is 12.1 Å². The van der Waals surface area contributed by atoms with Crippen LogP contribution in [0.4, 0.5) is 0 Å². The number of benzene rings is 1. The van der Waals surface area contributed by atoms with E-state index in [2.05, 4.69) is 0 Å². The Labute approximate surface area is 129 Å². The van der Waals surface area contributed by atoms with E-state index in [9.17, 15) is 14.7 Å². The maximum Gasteiger partial charge on any atom is 0.300 e. The standard InChI is InChI=1S/C13H18N2O3.C2H4O2/c1-10(16)15(9-8-14(2)3)13(18)11-6-4-5-7-12(11)17;1-2(3)4/h4-7,17H,8-9H2,1-3H3;1H3,(H,3,4). The van der Waals surface area contributed by atoms with Crippen LogP contribution >= 0.6 is 0 Å².